The number of aromatic nitrogens is 4. The molecular formula is C14H12N6O. The van der Waals surface area contributed by atoms with Crippen molar-refractivity contribution in [3.05, 3.63) is 65.3 Å². The predicted molar refractivity (Wildman–Crippen MR) is 78.7 cm³/mol. The monoisotopic (exact) mass is 280 g/mol. The molecule has 21 heavy (non-hydrogen) atoms. The molecule has 0 bridgehead atoms. The lowest BCUT2D eigenvalue weighted by Gasteiger charge is -2.16. The molecule has 7 nitrogen and oxygen atoms in total. The average molecular weight is 280 g/mol. The molecule has 0 fully saturated rings. The highest BCUT2D eigenvalue weighted by Crippen LogP contribution is 2.18. The summed E-state index contributed by atoms with van der Waals surface area (Å²) in [5, 5.41) is 1.26. The lowest BCUT2D eigenvalue weighted by Crippen LogP contribution is -2.30. The molecule has 0 saturated heterocycles. The minimum absolute atomic E-state index is 0.115. The maximum atomic E-state index is 11.7. The fourth-order valence-electron chi connectivity index (χ4n) is 1.82. The zero-order valence-electron chi connectivity index (χ0n) is 11.0. The Morgan fingerprint density at radius 2 is 1.86 bits per heavy atom. The van der Waals surface area contributed by atoms with Crippen LogP contribution in [0.3, 0.4) is 0 Å². The van der Waals surface area contributed by atoms with E-state index in [4.69, 9.17) is 5.84 Å². The van der Waals surface area contributed by atoms with E-state index in [2.05, 4.69) is 19.9 Å². The van der Waals surface area contributed by atoms with Gasteiger partial charge in [0.25, 0.3) is 5.95 Å². The number of hydrogen-bond acceptors (Lipinski definition) is 6. The fourth-order valence-corrected chi connectivity index (χ4v) is 1.82. The van der Waals surface area contributed by atoms with Crippen molar-refractivity contribution in [3.63, 3.8) is 0 Å². The molecule has 3 rings (SSSR count). The van der Waals surface area contributed by atoms with Gasteiger partial charge in [0, 0.05) is 18.0 Å². The summed E-state index contributed by atoms with van der Waals surface area (Å²) in [6.45, 7) is 0. The van der Waals surface area contributed by atoms with Gasteiger partial charge >= 0.3 is 5.69 Å². The topological polar surface area (TPSA) is 101 Å². The van der Waals surface area contributed by atoms with Crippen molar-refractivity contribution in [2.24, 2.45) is 5.84 Å². The predicted octanol–water partition coefficient (Wildman–Crippen LogP) is 1.24. The summed E-state index contributed by atoms with van der Waals surface area (Å²) in [5.74, 6) is 6.45. The number of hydrogen-bond donors (Lipinski definition) is 2. The van der Waals surface area contributed by atoms with Crippen LogP contribution in [0.25, 0.3) is 11.4 Å². The number of nitrogens with two attached hydrogens (primary N) is 1. The summed E-state index contributed by atoms with van der Waals surface area (Å²) >= 11 is 0. The number of anilines is 2. The number of H-pyrrole nitrogens is 1. The van der Waals surface area contributed by atoms with E-state index < -0.39 is 5.69 Å². The van der Waals surface area contributed by atoms with E-state index in [1.165, 1.54) is 5.01 Å². The molecule has 0 radical (unpaired) electrons. The van der Waals surface area contributed by atoms with Crippen LogP contribution in [-0.4, -0.2) is 19.9 Å². The molecule has 2 aromatic heterocycles. The minimum atomic E-state index is -0.523. The molecule has 1 aromatic carbocycles. The Labute approximate surface area is 120 Å². The first-order valence-corrected chi connectivity index (χ1v) is 6.23. The number of benzene rings is 1. The molecule has 3 aromatic rings. The highest BCUT2D eigenvalue weighted by Gasteiger charge is 2.11. The fraction of sp³-hybridized carbons (Fsp3) is 0. The van der Waals surface area contributed by atoms with E-state index in [1.54, 1.807) is 36.7 Å². The summed E-state index contributed by atoms with van der Waals surface area (Å²) in [4.78, 5) is 26.3. The Morgan fingerprint density at radius 3 is 2.57 bits per heavy atom. The minimum Gasteiger partial charge on any atom is -0.290 e. The SMILES string of the molecule is NN(c1ccccc1)c1nc(-c2cccnc2)[nH]c(=O)n1. The maximum Gasteiger partial charge on any atom is 0.349 e. The number of nitrogens with one attached hydrogen (secondary N) is 1. The third-order valence-corrected chi connectivity index (χ3v) is 2.82. The van der Waals surface area contributed by atoms with E-state index in [1.807, 2.05) is 18.2 Å². The van der Waals surface area contributed by atoms with Crippen molar-refractivity contribution >= 4 is 11.6 Å². The summed E-state index contributed by atoms with van der Waals surface area (Å²) < 4.78 is 0. The second-order valence-electron chi connectivity index (χ2n) is 4.25. The van der Waals surface area contributed by atoms with E-state index in [0.717, 1.165) is 0 Å². The van der Waals surface area contributed by atoms with Crippen molar-refractivity contribution in [1.82, 2.24) is 19.9 Å². The smallest absolute Gasteiger partial charge is 0.290 e. The molecule has 2 heterocycles. The Balaban J connectivity index is 2.05. The molecular weight excluding hydrogens is 268 g/mol. The molecule has 0 unspecified atom stereocenters. The summed E-state index contributed by atoms with van der Waals surface area (Å²) in [6.07, 6.45) is 3.24. The number of aromatic amines is 1. The third kappa shape index (κ3) is 2.77. The Morgan fingerprint density at radius 1 is 1.05 bits per heavy atom. The lowest BCUT2D eigenvalue weighted by atomic mass is 10.3. The van der Waals surface area contributed by atoms with Crippen LogP contribution in [0.1, 0.15) is 0 Å². The standard InChI is InChI=1S/C14H12N6O/c15-20(11-6-2-1-3-7-11)13-17-12(18-14(21)19-13)10-5-4-8-16-9-10/h1-9H,15H2,(H,17,18,19,21). The number of hydrazine groups is 1. The summed E-state index contributed by atoms with van der Waals surface area (Å²) in [6, 6.07) is 12.7. The van der Waals surface area contributed by atoms with Crippen LogP contribution in [0.15, 0.2) is 59.7 Å². The Bertz CT molecular complexity index is 787. The van der Waals surface area contributed by atoms with Crippen molar-refractivity contribution in [2.75, 3.05) is 5.01 Å². The molecule has 0 aliphatic heterocycles. The van der Waals surface area contributed by atoms with Crippen molar-refractivity contribution < 1.29 is 0 Å². The number of pyridine rings is 1. The molecule has 0 spiro atoms. The molecule has 3 N–H and O–H groups in total. The average Bonchev–Trinajstić information content (AvgIpc) is 2.55. The van der Waals surface area contributed by atoms with E-state index in [-0.39, 0.29) is 5.95 Å². The van der Waals surface area contributed by atoms with Crippen molar-refractivity contribution in [3.8, 4) is 11.4 Å². The quantitative estimate of drug-likeness (QED) is 0.553. The largest absolute Gasteiger partial charge is 0.349 e. The van der Waals surface area contributed by atoms with Gasteiger partial charge in [0.1, 0.15) is 5.82 Å². The third-order valence-electron chi connectivity index (χ3n) is 2.82. The molecule has 0 amide bonds. The summed E-state index contributed by atoms with van der Waals surface area (Å²) in [5.41, 5.74) is 0.838. The lowest BCUT2D eigenvalue weighted by molar-refractivity contribution is 0.917. The first kappa shape index (κ1) is 12.9. The van der Waals surface area contributed by atoms with Gasteiger partial charge < -0.3 is 0 Å². The van der Waals surface area contributed by atoms with Crippen LogP contribution >= 0.6 is 0 Å². The van der Waals surface area contributed by atoms with Gasteiger partial charge in [0.05, 0.1) is 5.69 Å². The van der Waals surface area contributed by atoms with Gasteiger partial charge in [-0.05, 0) is 24.3 Å². The first-order chi connectivity index (χ1) is 10.2. The first-order valence-electron chi connectivity index (χ1n) is 6.23. The summed E-state index contributed by atoms with van der Waals surface area (Å²) in [7, 11) is 0. The maximum absolute atomic E-state index is 11.7. The Hall–Kier alpha value is -3.06. The van der Waals surface area contributed by atoms with Gasteiger partial charge in [0.15, 0.2) is 0 Å². The van der Waals surface area contributed by atoms with Crippen LogP contribution in [0.5, 0.6) is 0 Å². The van der Waals surface area contributed by atoms with Crippen LogP contribution in [0.4, 0.5) is 11.6 Å². The van der Waals surface area contributed by atoms with Crippen molar-refractivity contribution in [1.29, 1.82) is 0 Å². The zero-order chi connectivity index (χ0) is 14.7. The Kier molecular flexibility index (Phi) is 3.40. The van der Waals surface area contributed by atoms with Crippen LogP contribution in [0.2, 0.25) is 0 Å². The highest BCUT2D eigenvalue weighted by molar-refractivity contribution is 5.58. The van der Waals surface area contributed by atoms with Gasteiger partial charge in [-0.25, -0.2) is 15.6 Å². The van der Waals surface area contributed by atoms with E-state index in [0.29, 0.717) is 17.1 Å². The molecule has 0 atom stereocenters. The number of para-hydroxylation sites is 1. The molecule has 0 aliphatic carbocycles. The zero-order valence-corrected chi connectivity index (χ0v) is 11.0. The van der Waals surface area contributed by atoms with Crippen LogP contribution in [0, 0.1) is 0 Å². The molecule has 104 valence electrons. The second-order valence-corrected chi connectivity index (χ2v) is 4.25. The van der Waals surface area contributed by atoms with Crippen LogP contribution in [-0.2, 0) is 0 Å². The van der Waals surface area contributed by atoms with Gasteiger partial charge in [-0.2, -0.15) is 9.97 Å². The molecule has 0 saturated carbocycles. The van der Waals surface area contributed by atoms with Gasteiger partial charge in [-0.3, -0.25) is 9.97 Å². The number of nitrogens with zero attached hydrogens (tertiary/aromatic N) is 4. The second kappa shape index (κ2) is 5.51. The van der Waals surface area contributed by atoms with E-state index in [9.17, 15) is 4.79 Å². The van der Waals surface area contributed by atoms with Crippen LogP contribution < -0.4 is 16.5 Å². The van der Waals surface area contributed by atoms with Gasteiger partial charge in [-0.15, -0.1) is 0 Å². The molecule has 0 aliphatic rings. The van der Waals surface area contributed by atoms with Crippen molar-refractivity contribution in [2.45, 2.75) is 0 Å². The normalized spacial score (nSPS) is 10.3. The van der Waals surface area contributed by atoms with E-state index >= 15 is 0 Å². The number of rotatable bonds is 3. The highest BCUT2D eigenvalue weighted by atomic mass is 16.1. The van der Waals surface area contributed by atoms with Gasteiger partial charge in [-0.1, -0.05) is 18.2 Å². The van der Waals surface area contributed by atoms with Gasteiger partial charge in [0.2, 0.25) is 0 Å². The molecule has 7 heteroatoms.